The predicted octanol–water partition coefficient (Wildman–Crippen LogP) is 5.01. The van der Waals surface area contributed by atoms with Crippen molar-refractivity contribution in [2.24, 2.45) is 7.05 Å². The Balaban J connectivity index is 1.80. The molecule has 3 rings (SSSR count). The normalized spacial score (nSPS) is 11.8. The van der Waals surface area contributed by atoms with Gasteiger partial charge in [-0.15, -0.1) is 11.3 Å². The van der Waals surface area contributed by atoms with E-state index in [1.165, 1.54) is 22.0 Å². The standard InChI is InChI=1S/C18H15ClF3N3O2S2/c1-8-9(2)29-15-14(8)16(27)25(3)17(24-15)28-7-13(26)23-12-5-4-10(19)6-11(12)18(20,21)22/h4-6H,7H2,1-3H3,(H,23,26). The number of aryl methyl sites for hydroxylation is 2. The topological polar surface area (TPSA) is 64.0 Å². The molecule has 0 saturated heterocycles. The van der Waals surface area contributed by atoms with Crippen LogP contribution in [0.2, 0.25) is 5.02 Å². The fourth-order valence-corrected chi connectivity index (χ4v) is 4.68. The van der Waals surface area contributed by atoms with Crippen LogP contribution in [0.1, 0.15) is 16.0 Å². The lowest BCUT2D eigenvalue weighted by atomic mass is 10.1. The number of nitrogens with zero attached hydrogens (tertiary/aromatic N) is 2. The van der Waals surface area contributed by atoms with Crippen LogP contribution < -0.4 is 10.9 Å². The van der Waals surface area contributed by atoms with Gasteiger partial charge in [0.1, 0.15) is 4.83 Å². The fourth-order valence-electron chi connectivity index (χ4n) is 2.66. The highest BCUT2D eigenvalue weighted by Crippen LogP contribution is 2.36. The maximum Gasteiger partial charge on any atom is 0.418 e. The molecule has 0 aliphatic rings. The summed E-state index contributed by atoms with van der Waals surface area (Å²) in [4.78, 5) is 30.8. The summed E-state index contributed by atoms with van der Waals surface area (Å²) >= 11 is 7.99. The average molecular weight is 462 g/mol. The van der Waals surface area contributed by atoms with E-state index in [4.69, 9.17) is 11.6 Å². The van der Waals surface area contributed by atoms with Crippen molar-refractivity contribution in [2.45, 2.75) is 25.2 Å². The van der Waals surface area contributed by atoms with Crippen LogP contribution in [0, 0.1) is 13.8 Å². The third-order valence-corrected chi connectivity index (χ3v) is 6.63. The van der Waals surface area contributed by atoms with Gasteiger partial charge in [-0.1, -0.05) is 23.4 Å². The summed E-state index contributed by atoms with van der Waals surface area (Å²) in [5, 5.41) is 3.02. The molecule has 0 aliphatic heterocycles. The largest absolute Gasteiger partial charge is 0.418 e. The fraction of sp³-hybridized carbons (Fsp3) is 0.278. The zero-order valence-electron chi connectivity index (χ0n) is 15.5. The molecule has 0 bridgehead atoms. The van der Waals surface area contributed by atoms with Gasteiger partial charge in [0, 0.05) is 16.9 Å². The molecular formula is C18H15ClF3N3O2S2. The van der Waals surface area contributed by atoms with Crippen molar-refractivity contribution in [1.29, 1.82) is 0 Å². The number of hydrogen-bond donors (Lipinski definition) is 1. The molecular weight excluding hydrogens is 447 g/mol. The first kappa shape index (κ1) is 21.7. The second-order valence-electron chi connectivity index (χ2n) is 6.25. The zero-order chi connectivity index (χ0) is 21.5. The quantitative estimate of drug-likeness (QED) is 0.438. The van der Waals surface area contributed by atoms with E-state index >= 15 is 0 Å². The lowest BCUT2D eigenvalue weighted by molar-refractivity contribution is -0.137. The molecule has 0 radical (unpaired) electrons. The number of amides is 1. The molecule has 154 valence electrons. The van der Waals surface area contributed by atoms with E-state index in [1.54, 1.807) is 7.05 Å². The number of anilines is 1. The number of thiophene rings is 1. The Morgan fingerprint density at radius 1 is 1.34 bits per heavy atom. The molecule has 0 unspecified atom stereocenters. The predicted molar refractivity (Wildman–Crippen MR) is 110 cm³/mol. The van der Waals surface area contributed by atoms with Crippen LogP contribution in [0.25, 0.3) is 10.2 Å². The first-order valence-corrected chi connectivity index (χ1v) is 10.4. The van der Waals surface area contributed by atoms with Crippen LogP contribution in [-0.4, -0.2) is 21.2 Å². The number of thioether (sulfide) groups is 1. The van der Waals surface area contributed by atoms with Gasteiger partial charge in [-0.05, 0) is 37.6 Å². The van der Waals surface area contributed by atoms with Gasteiger partial charge in [0.2, 0.25) is 5.91 Å². The van der Waals surface area contributed by atoms with Crippen molar-refractivity contribution in [3.8, 4) is 0 Å². The Bertz CT molecular complexity index is 1170. The Hall–Kier alpha value is -2.04. The van der Waals surface area contributed by atoms with Gasteiger partial charge in [-0.2, -0.15) is 13.2 Å². The second kappa shape index (κ2) is 8.00. The smallest absolute Gasteiger partial charge is 0.325 e. The van der Waals surface area contributed by atoms with Gasteiger partial charge in [0.05, 0.1) is 22.4 Å². The van der Waals surface area contributed by atoms with Crippen molar-refractivity contribution >= 4 is 56.5 Å². The SMILES string of the molecule is Cc1sc2nc(SCC(=O)Nc3ccc(Cl)cc3C(F)(F)F)n(C)c(=O)c2c1C. The molecule has 2 aromatic heterocycles. The Morgan fingerprint density at radius 2 is 2.03 bits per heavy atom. The maximum absolute atomic E-state index is 13.1. The lowest BCUT2D eigenvalue weighted by Crippen LogP contribution is -2.22. The van der Waals surface area contributed by atoms with Crippen LogP contribution in [0.3, 0.4) is 0 Å². The highest BCUT2D eigenvalue weighted by Gasteiger charge is 2.34. The third-order valence-electron chi connectivity index (χ3n) is 4.26. The average Bonchev–Trinajstić information content (AvgIpc) is 2.91. The van der Waals surface area contributed by atoms with E-state index in [-0.39, 0.29) is 22.0 Å². The molecule has 11 heteroatoms. The van der Waals surface area contributed by atoms with Crippen LogP contribution in [0.4, 0.5) is 18.9 Å². The maximum atomic E-state index is 13.1. The summed E-state index contributed by atoms with van der Waals surface area (Å²) in [5.74, 6) is -0.870. The zero-order valence-corrected chi connectivity index (χ0v) is 17.9. The van der Waals surface area contributed by atoms with Crippen LogP contribution >= 0.6 is 34.7 Å². The van der Waals surface area contributed by atoms with Crippen LogP contribution in [0.5, 0.6) is 0 Å². The van der Waals surface area contributed by atoms with Gasteiger partial charge in [-0.25, -0.2) is 4.98 Å². The van der Waals surface area contributed by atoms with Gasteiger partial charge in [-0.3, -0.25) is 14.2 Å². The molecule has 0 spiro atoms. The molecule has 29 heavy (non-hydrogen) atoms. The van der Waals surface area contributed by atoms with Gasteiger partial charge in [0.15, 0.2) is 5.16 Å². The Labute approximate surface area is 176 Å². The molecule has 3 aromatic rings. The Kier molecular flexibility index (Phi) is 5.98. The first-order valence-electron chi connectivity index (χ1n) is 8.25. The van der Waals surface area contributed by atoms with Crippen LogP contribution in [-0.2, 0) is 18.0 Å². The summed E-state index contributed by atoms with van der Waals surface area (Å²) in [6, 6.07) is 3.12. The van der Waals surface area contributed by atoms with Crippen molar-refractivity contribution in [3.63, 3.8) is 0 Å². The monoisotopic (exact) mass is 461 g/mol. The molecule has 0 saturated carbocycles. The molecule has 0 atom stereocenters. The number of aromatic nitrogens is 2. The second-order valence-corrected chi connectivity index (χ2v) is 8.83. The highest BCUT2D eigenvalue weighted by atomic mass is 35.5. The third kappa shape index (κ3) is 4.44. The number of carbonyl (C=O) groups excluding carboxylic acids is 1. The molecule has 2 heterocycles. The van der Waals surface area contributed by atoms with Crippen molar-refractivity contribution in [2.75, 3.05) is 11.1 Å². The van der Waals surface area contributed by atoms with Crippen molar-refractivity contribution < 1.29 is 18.0 Å². The number of fused-ring (bicyclic) bond motifs is 1. The summed E-state index contributed by atoms with van der Waals surface area (Å²) in [6.07, 6.45) is -4.66. The molecule has 1 amide bonds. The summed E-state index contributed by atoms with van der Waals surface area (Å²) < 4.78 is 40.8. The van der Waals surface area contributed by atoms with Crippen molar-refractivity contribution in [1.82, 2.24) is 9.55 Å². The Morgan fingerprint density at radius 3 is 2.69 bits per heavy atom. The molecule has 5 nitrogen and oxygen atoms in total. The van der Waals surface area contributed by atoms with Crippen molar-refractivity contribution in [3.05, 3.63) is 49.6 Å². The van der Waals surface area contributed by atoms with E-state index in [0.29, 0.717) is 15.4 Å². The van der Waals surface area contributed by atoms with E-state index in [1.807, 2.05) is 13.8 Å². The molecule has 1 aromatic carbocycles. The first-order chi connectivity index (χ1) is 13.5. The molecule has 0 aliphatic carbocycles. The molecule has 1 N–H and O–H groups in total. The van der Waals surface area contributed by atoms with Gasteiger partial charge >= 0.3 is 6.18 Å². The van der Waals surface area contributed by atoms with E-state index in [9.17, 15) is 22.8 Å². The number of benzene rings is 1. The van der Waals surface area contributed by atoms with Gasteiger partial charge < -0.3 is 5.32 Å². The van der Waals surface area contributed by atoms with E-state index in [0.717, 1.165) is 34.3 Å². The van der Waals surface area contributed by atoms with E-state index < -0.39 is 17.6 Å². The number of carbonyl (C=O) groups is 1. The summed E-state index contributed by atoms with van der Waals surface area (Å²) in [7, 11) is 1.54. The minimum atomic E-state index is -4.66. The number of hydrogen-bond acceptors (Lipinski definition) is 5. The number of nitrogens with one attached hydrogen (secondary N) is 1. The number of alkyl halides is 3. The minimum Gasteiger partial charge on any atom is -0.325 e. The summed E-state index contributed by atoms with van der Waals surface area (Å²) in [6.45, 7) is 3.74. The van der Waals surface area contributed by atoms with E-state index in [2.05, 4.69) is 10.3 Å². The highest BCUT2D eigenvalue weighted by molar-refractivity contribution is 7.99. The number of rotatable bonds is 4. The number of halogens is 4. The van der Waals surface area contributed by atoms with Gasteiger partial charge in [0.25, 0.3) is 5.56 Å². The lowest BCUT2D eigenvalue weighted by Gasteiger charge is -2.14. The molecule has 0 fully saturated rings. The van der Waals surface area contributed by atoms with Crippen LogP contribution in [0.15, 0.2) is 28.2 Å². The summed E-state index contributed by atoms with van der Waals surface area (Å²) in [5.41, 5.74) is -0.763. The minimum absolute atomic E-state index is 0.0845.